The van der Waals surface area contributed by atoms with E-state index in [1.165, 1.54) is 23.4 Å². The SMILES string of the molecule is CC1(C)OB(c2c(Cl)cc(Cl)cc2OCCC(O)(Cn2cncn2)c2ccc(F)cc2F)OC1(C)C. The van der Waals surface area contributed by atoms with E-state index in [1.807, 2.05) is 27.7 Å². The van der Waals surface area contributed by atoms with Crippen molar-refractivity contribution in [1.29, 1.82) is 0 Å². The maximum absolute atomic E-state index is 14.7. The first kappa shape index (κ1) is 26.8. The van der Waals surface area contributed by atoms with Crippen molar-refractivity contribution < 1.29 is 27.9 Å². The van der Waals surface area contributed by atoms with Gasteiger partial charge in [-0.15, -0.1) is 0 Å². The first-order valence-electron chi connectivity index (χ1n) is 11.3. The average molecular weight is 540 g/mol. The van der Waals surface area contributed by atoms with Gasteiger partial charge in [0.05, 0.1) is 24.4 Å². The molecule has 0 saturated carbocycles. The average Bonchev–Trinajstić information content (AvgIpc) is 3.32. The molecule has 4 rings (SSSR count). The summed E-state index contributed by atoms with van der Waals surface area (Å²) >= 11 is 12.8. The summed E-state index contributed by atoms with van der Waals surface area (Å²) in [6, 6.07) is 6.13. The fraction of sp³-hybridized carbons (Fsp3) is 0.417. The van der Waals surface area contributed by atoms with Crippen LogP contribution >= 0.6 is 23.2 Å². The Kier molecular flexibility index (Phi) is 7.38. The number of nitrogens with zero attached hydrogens (tertiary/aromatic N) is 3. The van der Waals surface area contributed by atoms with Gasteiger partial charge in [-0.3, -0.25) is 0 Å². The lowest BCUT2D eigenvalue weighted by molar-refractivity contribution is -0.00785. The Morgan fingerprint density at radius 3 is 2.42 bits per heavy atom. The van der Waals surface area contributed by atoms with E-state index in [9.17, 15) is 13.9 Å². The standard InChI is InChI=1S/C24H26BCl2F2N3O4/c1-22(2)23(3,4)36-25(35-22)21-18(27)9-15(26)10-20(21)34-8-7-24(33,12-32-14-30-13-31-32)17-6-5-16(28)11-19(17)29/h5-6,9-11,13-14,33H,7-8,12H2,1-4H3. The molecule has 1 aliphatic rings. The molecule has 0 radical (unpaired) electrons. The largest absolute Gasteiger partial charge is 0.500 e. The third kappa shape index (κ3) is 5.38. The summed E-state index contributed by atoms with van der Waals surface area (Å²) in [4.78, 5) is 3.86. The second-order valence-electron chi connectivity index (χ2n) is 9.73. The van der Waals surface area contributed by atoms with Crippen LogP contribution in [0.2, 0.25) is 10.0 Å². The quantitative estimate of drug-likeness (QED) is 0.424. The van der Waals surface area contributed by atoms with Crippen LogP contribution in [0.3, 0.4) is 0 Å². The van der Waals surface area contributed by atoms with E-state index in [-0.39, 0.29) is 25.1 Å². The predicted octanol–water partition coefficient (Wildman–Crippen LogP) is 4.52. The number of benzene rings is 2. The number of rotatable bonds is 8. The van der Waals surface area contributed by atoms with Crippen molar-refractivity contribution in [3.8, 4) is 5.75 Å². The van der Waals surface area contributed by atoms with Crippen LogP contribution in [0.15, 0.2) is 43.0 Å². The Balaban J connectivity index is 1.60. The lowest BCUT2D eigenvalue weighted by Gasteiger charge is -2.32. The van der Waals surface area contributed by atoms with Crippen molar-refractivity contribution in [3.63, 3.8) is 0 Å². The Labute approximate surface area is 218 Å². The van der Waals surface area contributed by atoms with Crippen molar-refractivity contribution >= 4 is 35.8 Å². The Morgan fingerprint density at radius 1 is 1.11 bits per heavy atom. The number of hydrogen-bond acceptors (Lipinski definition) is 6. The molecule has 12 heteroatoms. The maximum Gasteiger partial charge on any atom is 0.500 e. The molecule has 0 bridgehead atoms. The number of ether oxygens (including phenoxy) is 1. The zero-order valence-corrected chi connectivity index (χ0v) is 21.8. The number of aliphatic hydroxyl groups is 1. The van der Waals surface area contributed by atoms with E-state index in [4.69, 9.17) is 37.2 Å². The summed E-state index contributed by atoms with van der Waals surface area (Å²) in [5, 5.41) is 16.1. The summed E-state index contributed by atoms with van der Waals surface area (Å²) in [7, 11) is -0.821. The van der Waals surface area contributed by atoms with Gasteiger partial charge in [0.2, 0.25) is 0 Å². The predicted molar refractivity (Wildman–Crippen MR) is 133 cm³/mol. The first-order valence-corrected chi connectivity index (χ1v) is 12.0. The normalized spacial score (nSPS) is 18.3. The minimum absolute atomic E-state index is 0.0782. The lowest BCUT2D eigenvalue weighted by Crippen LogP contribution is -2.41. The first-order chi connectivity index (χ1) is 16.8. The van der Waals surface area contributed by atoms with Gasteiger partial charge in [-0.05, 0) is 45.9 Å². The molecule has 1 N–H and O–H groups in total. The zero-order valence-electron chi connectivity index (χ0n) is 20.3. The molecule has 192 valence electrons. The second-order valence-corrected chi connectivity index (χ2v) is 10.6. The summed E-state index contributed by atoms with van der Waals surface area (Å²) in [6.07, 6.45) is 2.60. The molecule has 1 atom stereocenters. The van der Waals surface area contributed by atoms with Crippen LogP contribution in [-0.4, -0.2) is 44.8 Å². The van der Waals surface area contributed by atoms with Gasteiger partial charge in [0.1, 0.15) is 35.6 Å². The molecule has 1 saturated heterocycles. The van der Waals surface area contributed by atoms with Crippen LogP contribution in [0.4, 0.5) is 8.78 Å². The van der Waals surface area contributed by atoms with Gasteiger partial charge in [-0.2, -0.15) is 5.10 Å². The van der Waals surface area contributed by atoms with Gasteiger partial charge in [-0.1, -0.05) is 29.3 Å². The summed E-state index contributed by atoms with van der Waals surface area (Å²) in [5.41, 5.74) is -2.67. The van der Waals surface area contributed by atoms with Gasteiger partial charge < -0.3 is 19.2 Å². The molecule has 0 aliphatic carbocycles. The Morgan fingerprint density at radius 2 is 1.81 bits per heavy atom. The topological polar surface area (TPSA) is 78.6 Å². The van der Waals surface area contributed by atoms with E-state index >= 15 is 0 Å². The molecule has 7 nitrogen and oxygen atoms in total. The molecule has 1 aliphatic heterocycles. The molecule has 0 spiro atoms. The summed E-state index contributed by atoms with van der Waals surface area (Å²) < 4.78 is 47.9. The number of hydrogen-bond donors (Lipinski definition) is 1. The third-order valence-electron chi connectivity index (χ3n) is 6.64. The van der Waals surface area contributed by atoms with Crippen molar-refractivity contribution in [1.82, 2.24) is 14.8 Å². The summed E-state index contributed by atoms with van der Waals surface area (Å²) in [5.74, 6) is -1.34. The molecular formula is C24H26BCl2F2N3O4. The van der Waals surface area contributed by atoms with Crippen LogP contribution in [0.5, 0.6) is 5.75 Å². The molecule has 1 fully saturated rings. The highest BCUT2D eigenvalue weighted by molar-refractivity contribution is 6.67. The minimum Gasteiger partial charge on any atom is -0.494 e. The van der Waals surface area contributed by atoms with E-state index in [1.54, 1.807) is 12.1 Å². The van der Waals surface area contributed by atoms with E-state index in [2.05, 4.69) is 10.1 Å². The van der Waals surface area contributed by atoms with Gasteiger partial charge >= 0.3 is 7.12 Å². The Bertz CT molecular complexity index is 1230. The summed E-state index contributed by atoms with van der Waals surface area (Å²) in [6.45, 7) is 7.44. The van der Waals surface area contributed by atoms with Crippen LogP contribution in [-0.2, 0) is 21.5 Å². The maximum atomic E-state index is 14.7. The highest BCUT2D eigenvalue weighted by atomic mass is 35.5. The number of aromatic nitrogens is 3. The lowest BCUT2D eigenvalue weighted by atomic mass is 9.78. The van der Waals surface area contributed by atoms with Crippen molar-refractivity contribution in [2.24, 2.45) is 0 Å². The molecule has 3 aromatic rings. The van der Waals surface area contributed by atoms with E-state index in [0.29, 0.717) is 21.3 Å². The molecule has 2 aromatic carbocycles. The fourth-order valence-corrected chi connectivity index (χ4v) is 4.51. The number of halogens is 4. The third-order valence-corrected chi connectivity index (χ3v) is 7.17. The minimum atomic E-state index is -1.79. The van der Waals surface area contributed by atoms with E-state index < -0.39 is 35.6 Å². The van der Waals surface area contributed by atoms with Crippen molar-refractivity contribution in [2.75, 3.05) is 6.61 Å². The van der Waals surface area contributed by atoms with E-state index in [0.717, 1.165) is 12.1 Å². The molecule has 0 amide bonds. The fourth-order valence-electron chi connectivity index (χ4n) is 3.95. The molecular weight excluding hydrogens is 514 g/mol. The van der Waals surface area contributed by atoms with Crippen LogP contribution in [0.25, 0.3) is 0 Å². The van der Waals surface area contributed by atoms with Crippen molar-refractivity contribution in [3.05, 3.63) is 70.2 Å². The van der Waals surface area contributed by atoms with Crippen LogP contribution in [0, 0.1) is 11.6 Å². The van der Waals surface area contributed by atoms with Gasteiger partial charge in [0, 0.05) is 33.6 Å². The molecule has 1 unspecified atom stereocenters. The monoisotopic (exact) mass is 539 g/mol. The Hall–Kier alpha value is -2.24. The highest BCUT2D eigenvalue weighted by Gasteiger charge is 2.53. The molecule has 1 aromatic heterocycles. The highest BCUT2D eigenvalue weighted by Crippen LogP contribution is 2.39. The molecule has 36 heavy (non-hydrogen) atoms. The van der Waals surface area contributed by atoms with Crippen LogP contribution in [0.1, 0.15) is 39.7 Å². The second kappa shape index (κ2) is 9.91. The van der Waals surface area contributed by atoms with Crippen LogP contribution < -0.4 is 10.2 Å². The molecule has 2 heterocycles. The van der Waals surface area contributed by atoms with Gasteiger partial charge in [-0.25, -0.2) is 18.4 Å². The van der Waals surface area contributed by atoms with Gasteiger partial charge in [0.25, 0.3) is 0 Å². The zero-order chi connectivity index (χ0) is 26.3. The van der Waals surface area contributed by atoms with Gasteiger partial charge in [0.15, 0.2) is 0 Å². The van der Waals surface area contributed by atoms with Crippen molar-refractivity contribution in [2.45, 2.75) is 57.5 Å². The smallest absolute Gasteiger partial charge is 0.494 e.